The minimum Gasteiger partial charge on any atom is -0.504 e. The molecule has 0 aromatic heterocycles. The number of ketones is 1. The normalized spacial score (nSPS) is 14.8. The lowest BCUT2D eigenvalue weighted by Crippen LogP contribution is -2.00. The summed E-state index contributed by atoms with van der Waals surface area (Å²) in [5.41, 5.74) is 2.70. The Kier molecular flexibility index (Phi) is 3.78. The van der Waals surface area contributed by atoms with Crippen LogP contribution in [0.4, 0.5) is 0 Å². The van der Waals surface area contributed by atoms with E-state index in [2.05, 4.69) is 0 Å². The van der Waals surface area contributed by atoms with Crippen molar-refractivity contribution in [2.24, 2.45) is 0 Å². The first-order valence-corrected chi connectivity index (χ1v) is 7.41. The Balaban J connectivity index is 2.02. The molecule has 4 nitrogen and oxygen atoms in total. The number of hydrogen-bond acceptors (Lipinski definition) is 4. The molecule has 1 aliphatic heterocycles. The molecule has 2 aromatic rings. The van der Waals surface area contributed by atoms with Crippen LogP contribution in [0.25, 0.3) is 6.08 Å². The molecule has 0 bridgehead atoms. The summed E-state index contributed by atoms with van der Waals surface area (Å²) in [4.78, 5) is 12.6. The van der Waals surface area contributed by atoms with E-state index in [1.165, 1.54) is 13.2 Å². The fraction of sp³-hybridized carbons (Fsp3) is 0.167. The summed E-state index contributed by atoms with van der Waals surface area (Å²) in [5.74, 6) is 0.870. The molecule has 0 unspecified atom stereocenters. The first kappa shape index (κ1) is 15.4. The average Bonchev–Trinajstić information content (AvgIpc) is 2.81. The number of phenolic OH excluding ortho intramolecular Hbond substituents is 1. The lowest BCUT2D eigenvalue weighted by molar-refractivity contribution is 0.101. The van der Waals surface area contributed by atoms with Crippen LogP contribution < -0.4 is 9.47 Å². The molecule has 0 spiro atoms. The van der Waals surface area contributed by atoms with Gasteiger partial charge in [-0.1, -0.05) is 17.7 Å². The van der Waals surface area contributed by atoms with Crippen molar-refractivity contribution in [3.8, 4) is 17.2 Å². The summed E-state index contributed by atoms with van der Waals surface area (Å²) in [7, 11) is 1.47. The van der Waals surface area contributed by atoms with Crippen molar-refractivity contribution in [3.05, 3.63) is 57.3 Å². The molecule has 0 fully saturated rings. The minimum atomic E-state index is -0.213. The molecule has 1 N–H and O–H groups in total. The number of hydrogen-bond donors (Lipinski definition) is 1. The van der Waals surface area contributed by atoms with Gasteiger partial charge in [-0.3, -0.25) is 4.79 Å². The van der Waals surface area contributed by atoms with Crippen LogP contribution in [0.1, 0.15) is 27.0 Å². The van der Waals surface area contributed by atoms with Crippen molar-refractivity contribution >= 4 is 23.5 Å². The molecule has 0 radical (unpaired) electrons. The van der Waals surface area contributed by atoms with Gasteiger partial charge in [0.25, 0.3) is 0 Å². The summed E-state index contributed by atoms with van der Waals surface area (Å²) in [6.45, 7) is 3.67. The molecule has 3 rings (SSSR count). The maximum Gasteiger partial charge on any atom is 0.232 e. The number of halogens is 1. The third-order valence-electron chi connectivity index (χ3n) is 3.82. The number of carbonyl (C=O) groups is 1. The van der Waals surface area contributed by atoms with Gasteiger partial charge < -0.3 is 14.6 Å². The number of Topliss-reactive ketones (excluding diaryl/α,β-unsaturated/α-hetero) is 1. The highest BCUT2D eigenvalue weighted by atomic mass is 35.5. The molecule has 2 aromatic carbocycles. The summed E-state index contributed by atoms with van der Waals surface area (Å²) in [6.07, 6.45) is 1.59. The van der Waals surface area contributed by atoms with E-state index in [-0.39, 0.29) is 17.3 Å². The maximum absolute atomic E-state index is 12.6. The second-order valence-electron chi connectivity index (χ2n) is 5.38. The van der Waals surface area contributed by atoms with Crippen molar-refractivity contribution in [2.75, 3.05) is 7.11 Å². The molecule has 0 saturated carbocycles. The van der Waals surface area contributed by atoms with Gasteiger partial charge in [0, 0.05) is 5.02 Å². The van der Waals surface area contributed by atoms with Crippen molar-refractivity contribution in [2.45, 2.75) is 13.8 Å². The monoisotopic (exact) mass is 330 g/mol. The van der Waals surface area contributed by atoms with E-state index in [4.69, 9.17) is 21.1 Å². The topological polar surface area (TPSA) is 55.8 Å². The second kappa shape index (κ2) is 5.63. The summed E-state index contributed by atoms with van der Waals surface area (Å²) in [5, 5.41) is 10.4. The van der Waals surface area contributed by atoms with E-state index in [0.29, 0.717) is 33.2 Å². The number of benzene rings is 2. The van der Waals surface area contributed by atoms with Gasteiger partial charge in [-0.15, -0.1) is 0 Å². The van der Waals surface area contributed by atoms with Gasteiger partial charge in [-0.2, -0.15) is 0 Å². The smallest absolute Gasteiger partial charge is 0.232 e. The summed E-state index contributed by atoms with van der Waals surface area (Å²) in [6, 6.07) is 6.63. The van der Waals surface area contributed by atoms with Gasteiger partial charge in [-0.05, 0) is 54.8 Å². The van der Waals surface area contributed by atoms with Gasteiger partial charge in [0.05, 0.1) is 12.7 Å². The molecular weight excluding hydrogens is 316 g/mol. The van der Waals surface area contributed by atoms with Crippen molar-refractivity contribution < 1.29 is 19.4 Å². The van der Waals surface area contributed by atoms with Crippen LogP contribution in [0.5, 0.6) is 17.2 Å². The Morgan fingerprint density at radius 2 is 2.00 bits per heavy atom. The quantitative estimate of drug-likeness (QED) is 0.835. The van der Waals surface area contributed by atoms with Crippen LogP contribution >= 0.6 is 11.6 Å². The predicted molar refractivity (Wildman–Crippen MR) is 88.5 cm³/mol. The zero-order valence-electron chi connectivity index (χ0n) is 12.9. The van der Waals surface area contributed by atoms with Gasteiger partial charge in [0.2, 0.25) is 5.78 Å². The van der Waals surface area contributed by atoms with Crippen LogP contribution in [-0.2, 0) is 0 Å². The minimum absolute atomic E-state index is 0.000112. The van der Waals surface area contributed by atoms with E-state index in [0.717, 1.165) is 5.56 Å². The molecule has 1 heterocycles. The number of carbonyl (C=O) groups excluding carboxylic acids is 1. The number of rotatable bonds is 2. The van der Waals surface area contributed by atoms with Gasteiger partial charge >= 0.3 is 0 Å². The van der Waals surface area contributed by atoms with Gasteiger partial charge in [-0.25, -0.2) is 0 Å². The average molecular weight is 331 g/mol. The third-order valence-corrected chi connectivity index (χ3v) is 4.40. The molecule has 0 amide bonds. The number of fused-ring (bicyclic) bond motifs is 1. The predicted octanol–water partition coefficient (Wildman–Crippen LogP) is 4.29. The fourth-order valence-electron chi connectivity index (χ4n) is 2.62. The van der Waals surface area contributed by atoms with Crippen LogP contribution in [0, 0.1) is 13.8 Å². The Labute approximate surface area is 138 Å². The first-order valence-electron chi connectivity index (χ1n) is 7.03. The van der Waals surface area contributed by atoms with Crippen LogP contribution in [0.3, 0.4) is 0 Å². The number of ether oxygens (including phenoxy) is 2. The number of aryl methyl sites for hydroxylation is 1. The Morgan fingerprint density at radius 3 is 2.65 bits per heavy atom. The van der Waals surface area contributed by atoms with E-state index >= 15 is 0 Å². The van der Waals surface area contributed by atoms with Crippen molar-refractivity contribution in [1.29, 1.82) is 0 Å². The first-order chi connectivity index (χ1) is 10.9. The van der Waals surface area contributed by atoms with Crippen LogP contribution in [0.2, 0.25) is 5.02 Å². The third kappa shape index (κ3) is 2.55. The molecule has 0 saturated heterocycles. The van der Waals surface area contributed by atoms with Crippen molar-refractivity contribution in [1.82, 2.24) is 0 Å². The highest BCUT2D eigenvalue weighted by Gasteiger charge is 2.30. The lowest BCUT2D eigenvalue weighted by Gasteiger charge is -2.06. The molecule has 23 heavy (non-hydrogen) atoms. The van der Waals surface area contributed by atoms with E-state index < -0.39 is 0 Å². The van der Waals surface area contributed by atoms with Crippen LogP contribution in [0.15, 0.2) is 30.0 Å². The SMILES string of the molecule is COc1ccc(/C=C2\Oc3cc(C)c(Cl)c(C)c3C2=O)cc1O. The molecule has 1 aliphatic rings. The highest BCUT2D eigenvalue weighted by molar-refractivity contribution is 6.33. The lowest BCUT2D eigenvalue weighted by atomic mass is 10.0. The molecule has 0 aliphatic carbocycles. The molecule has 0 atom stereocenters. The number of phenols is 1. The standard InChI is InChI=1S/C18H15ClO4/c1-9-6-14-16(10(2)17(9)19)18(21)15(23-14)8-11-4-5-13(22-3)12(20)7-11/h4-8,20H,1-3H3/b15-8-. The number of aromatic hydroxyl groups is 1. The van der Waals surface area contributed by atoms with E-state index in [1.807, 2.05) is 6.92 Å². The zero-order chi connectivity index (χ0) is 16.7. The van der Waals surface area contributed by atoms with Crippen molar-refractivity contribution in [3.63, 3.8) is 0 Å². The number of allylic oxidation sites excluding steroid dienone is 1. The fourth-order valence-corrected chi connectivity index (χ4v) is 2.77. The highest BCUT2D eigenvalue weighted by Crippen LogP contribution is 2.39. The van der Waals surface area contributed by atoms with Gasteiger partial charge in [0.15, 0.2) is 17.3 Å². The maximum atomic E-state index is 12.6. The summed E-state index contributed by atoms with van der Waals surface area (Å²) >= 11 is 6.21. The van der Waals surface area contributed by atoms with E-state index in [1.54, 1.807) is 31.2 Å². The largest absolute Gasteiger partial charge is 0.504 e. The Morgan fingerprint density at radius 1 is 1.26 bits per heavy atom. The van der Waals surface area contributed by atoms with E-state index in [9.17, 15) is 9.90 Å². The molecule has 5 heteroatoms. The van der Waals surface area contributed by atoms with Gasteiger partial charge in [0.1, 0.15) is 5.75 Å². The molecule has 118 valence electrons. The Bertz CT molecular complexity index is 853. The Hall–Kier alpha value is -2.46. The zero-order valence-corrected chi connectivity index (χ0v) is 13.7. The van der Waals surface area contributed by atoms with Crippen LogP contribution in [-0.4, -0.2) is 18.0 Å². The second-order valence-corrected chi connectivity index (χ2v) is 5.75. The summed E-state index contributed by atoms with van der Waals surface area (Å²) < 4.78 is 10.7. The number of methoxy groups -OCH3 is 1. The molecular formula is C18H15ClO4.